The Morgan fingerprint density at radius 3 is 2.74 bits per heavy atom. The molecule has 1 saturated heterocycles. The van der Waals surface area contributed by atoms with Crippen molar-refractivity contribution >= 4 is 17.7 Å². The fourth-order valence-electron chi connectivity index (χ4n) is 4.98. The van der Waals surface area contributed by atoms with E-state index in [1.54, 1.807) is 4.90 Å². The monoisotopic (exact) mass is 418 g/mol. The van der Waals surface area contributed by atoms with Gasteiger partial charge in [-0.3, -0.25) is 19.7 Å². The molecule has 3 amide bonds. The number of piperidine rings is 1. The summed E-state index contributed by atoms with van der Waals surface area (Å²) in [5.41, 5.74) is 5.32. The second kappa shape index (κ2) is 8.24. The van der Waals surface area contributed by atoms with Gasteiger partial charge in [0, 0.05) is 50.6 Å². The largest absolute Gasteiger partial charge is 0.322 e. The molecule has 31 heavy (non-hydrogen) atoms. The van der Waals surface area contributed by atoms with Gasteiger partial charge in [-0.05, 0) is 28.7 Å². The number of carbonyl (C=O) groups excluding carboxylic acids is 3. The van der Waals surface area contributed by atoms with Crippen LogP contribution in [0.25, 0.3) is 0 Å². The van der Waals surface area contributed by atoms with Gasteiger partial charge in [-0.25, -0.2) is 0 Å². The molecule has 0 aliphatic carbocycles. The molecule has 0 bridgehead atoms. The van der Waals surface area contributed by atoms with Crippen molar-refractivity contribution in [2.75, 3.05) is 13.1 Å². The minimum Gasteiger partial charge on any atom is -0.322 e. The average molecular weight is 418 g/mol. The minimum atomic E-state index is -0.580. The van der Waals surface area contributed by atoms with Gasteiger partial charge in [-0.2, -0.15) is 0 Å². The Kier molecular flexibility index (Phi) is 5.29. The molecule has 0 saturated carbocycles. The normalized spacial score (nSPS) is 22.8. The van der Waals surface area contributed by atoms with Crippen LogP contribution >= 0.6 is 0 Å². The number of amides is 3. The molecule has 3 aliphatic rings. The first-order valence-electron chi connectivity index (χ1n) is 10.9. The van der Waals surface area contributed by atoms with E-state index in [0.717, 1.165) is 30.8 Å². The van der Waals surface area contributed by atoms with Crippen molar-refractivity contribution in [1.29, 1.82) is 0 Å². The zero-order valence-electron chi connectivity index (χ0n) is 17.3. The summed E-state index contributed by atoms with van der Waals surface area (Å²) >= 11 is 0. The first-order chi connectivity index (χ1) is 15.1. The Labute approximate surface area is 181 Å². The van der Waals surface area contributed by atoms with E-state index in [4.69, 9.17) is 0 Å². The molecule has 1 fully saturated rings. The van der Waals surface area contributed by atoms with Crippen LogP contribution in [0.2, 0.25) is 0 Å². The number of fused-ring (bicyclic) bond motifs is 2. The van der Waals surface area contributed by atoms with Gasteiger partial charge in [0.1, 0.15) is 6.04 Å². The molecule has 3 N–H and O–H groups in total. The third kappa shape index (κ3) is 3.75. The second-order valence-electron chi connectivity index (χ2n) is 8.51. The standard InChI is InChI=1S/C24H26N4O3/c29-21-9-8-20(23(30)27-21)28-14-17-6-3-5-16(22(17)24(28)31)11-26-13-18-12-25-10-15-4-1-2-7-19(15)18/h1-7,18,20,25-26H,8-14H2,(H,27,29,30). The van der Waals surface area contributed by atoms with Crippen molar-refractivity contribution < 1.29 is 14.4 Å². The molecule has 0 spiro atoms. The van der Waals surface area contributed by atoms with Gasteiger partial charge in [0.15, 0.2) is 0 Å². The molecule has 2 aromatic carbocycles. The second-order valence-corrected chi connectivity index (χ2v) is 8.51. The summed E-state index contributed by atoms with van der Waals surface area (Å²) in [6.45, 7) is 3.66. The third-order valence-corrected chi connectivity index (χ3v) is 6.55. The number of nitrogens with one attached hydrogen (secondary N) is 3. The molecule has 7 heteroatoms. The van der Waals surface area contributed by atoms with Crippen molar-refractivity contribution in [1.82, 2.24) is 20.9 Å². The van der Waals surface area contributed by atoms with Gasteiger partial charge in [0.05, 0.1) is 0 Å². The van der Waals surface area contributed by atoms with Gasteiger partial charge < -0.3 is 15.5 Å². The van der Waals surface area contributed by atoms with Gasteiger partial charge in [-0.1, -0.05) is 42.5 Å². The summed E-state index contributed by atoms with van der Waals surface area (Å²) in [6, 6.07) is 13.8. The fraction of sp³-hybridized carbons (Fsp3) is 0.375. The van der Waals surface area contributed by atoms with Crippen molar-refractivity contribution in [2.45, 2.75) is 44.4 Å². The molecule has 2 unspecified atom stereocenters. The number of hydrogen-bond acceptors (Lipinski definition) is 5. The van der Waals surface area contributed by atoms with E-state index in [-0.39, 0.29) is 24.1 Å². The highest BCUT2D eigenvalue weighted by Gasteiger charge is 2.39. The maximum atomic E-state index is 13.2. The van der Waals surface area contributed by atoms with Crippen LogP contribution in [-0.4, -0.2) is 41.8 Å². The molecular formula is C24H26N4O3. The van der Waals surface area contributed by atoms with E-state index in [0.29, 0.717) is 31.0 Å². The molecule has 3 heterocycles. The number of rotatable bonds is 5. The molecule has 0 aromatic heterocycles. The number of benzene rings is 2. The number of imide groups is 1. The van der Waals surface area contributed by atoms with E-state index >= 15 is 0 Å². The molecule has 2 atom stereocenters. The van der Waals surface area contributed by atoms with Crippen molar-refractivity contribution in [3.63, 3.8) is 0 Å². The molecule has 160 valence electrons. The lowest BCUT2D eigenvalue weighted by Crippen LogP contribution is -2.52. The first kappa shape index (κ1) is 19.9. The topological polar surface area (TPSA) is 90.5 Å². The summed E-state index contributed by atoms with van der Waals surface area (Å²) < 4.78 is 0. The average Bonchev–Trinajstić information content (AvgIpc) is 3.11. The van der Waals surface area contributed by atoms with Crippen LogP contribution in [0.1, 0.15) is 51.4 Å². The Morgan fingerprint density at radius 2 is 1.87 bits per heavy atom. The summed E-state index contributed by atoms with van der Waals surface area (Å²) in [6.07, 6.45) is 0.647. The van der Waals surface area contributed by atoms with Gasteiger partial charge in [0.25, 0.3) is 5.91 Å². The molecule has 7 nitrogen and oxygen atoms in total. The van der Waals surface area contributed by atoms with Crippen LogP contribution in [0, 0.1) is 0 Å². The van der Waals surface area contributed by atoms with Gasteiger partial charge >= 0.3 is 0 Å². The van der Waals surface area contributed by atoms with Crippen molar-refractivity contribution in [3.8, 4) is 0 Å². The maximum Gasteiger partial charge on any atom is 0.255 e. The van der Waals surface area contributed by atoms with Gasteiger partial charge in [-0.15, -0.1) is 0 Å². The Balaban J connectivity index is 1.28. The van der Waals surface area contributed by atoms with E-state index in [1.165, 1.54) is 11.1 Å². The highest BCUT2D eigenvalue weighted by molar-refractivity contribution is 6.05. The van der Waals surface area contributed by atoms with Crippen LogP contribution in [0.15, 0.2) is 42.5 Å². The molecule has 5 rings (SSSR count). The lowest BCUT2D eigenvalue weighted by molar-refractivity contribution is -0.136. The highest BCUT2D eigenvalue weighted by Crippen LogP contribution is 2.30. The summed E-state index contributed by atoms with van der Waals surface area (Å²) in [5, 5.41) is 9.37. The number of carbonyl (C=O) groups is 3. The van der Waals surface area contributed by atoms with Crippen molar-refractivity contribution in [3.05, 3.63) is 70.3 Å². The zero-order valence-corrected chi connectivity index (χ0v) is 17.3. The smallest absolute Gasteiger partial charge is 0.255 e. The minimum absolute atomic E-state index is 0.119. The number of hydrogen-bond donors (Lipinski definition) is 3. The van der Waals surface area contributed by atoms with Crippen LogP contribution < -0.4 is 16.0 Å². The summed E-state index contributed by atoms with van der Waals surface area (Å²) in [7, 11) is 0. The van der Waals surface area contributed by atoms with Crippen LogP contribution in [0.5, 0.6) is 0 Å². The number of nitrogens with zero attached hydrogens (tertiary/aromatic N) is 1. The van der Waals surface area contributed by atoms with E-state index in [1.807, 2.05) is 18.2 Å². The van der Waals surface area contributed by atoms with Gasteiger partial charge in [0.2, 0.25) is 11.8 Å². The maximum absolute atomic E-state index is 13.2. The van der Waals surface area contributed by atoms with E-state index < -0.39 is 6.04 Å². The molecule has 0 radical (unpaired) electrons. The third-order valence-electron chi connectivity index (χ3n) is 6.55. The molecule has 2 aromatic rings. The Hall–Kier alpha value is -3.03. The van der Waals surface area contributed by atoms with E-state index in [2.05, 4.69) is 40.2 Å². The Morgan fingerprint density at radius 1 is 1.03 bits per heavy atom. The lowest BCUT2D eigenvalue weighted by atomic mass is 9.91. The molecular weight excluding hydrogens is 392 g/mol. The fourth-order valence-corrected chi connectivity index (χ4v) is 4.98. The highest BCUT2D eigenvalue weighted by atomic mass is 16.2. The summed E-state index contributed by atoms with van der Waals surface area (Å²) in [4.78, 5) is 38.5. The SMILES string of the molecule is O=C1CCC(N2Cc3cccc(CNCC4CNCc5ccccc54)c3C2=O)C(=O)N1. The summed E-state index contributed by atoms with van der Waals surface area (Å²) in [5.74, 6) is -0.376. The Bertz CT molecular complexity index is 1050. The predicted octanol–water partition coefficient (Wildman–Crippen LogP) is 1.42. The quantitative estimate of drug-likeness (QED) is 0.639. The lowest BCUT2D eigenvalue weighted by Gasteiger charge is -2.29. The zero-order chi connectivity index (χ0) is 21.4. The van der Waals surface area contributed by atoms with E-state index in [9.17, 15) is 14.4 Å². The predicted molar refractivity (Wildman–Crippen MR) is 115 cm³/mol. The van der Waals surface area contributed by atoms with Crippen LogP contribution in [0.3, 0.4) is 0 Å². The van der Waals surface area contributed by atoms with Crippen molar-refractivity contribution in [2.24, 2.45) is 0 Å². The molecule has 3 aliphatic heterocycles. The van der Waals surface area contributed by atoms with Crippen LogP contribution in [0.4, 0.5) is 0 Å². The van der Waals surface area contributed by atoms with Crippen LogP contribution in [-0.2, 0) is 29.2 Å². The first-order valence-corrected chi connectivity index (χ1v) is 10.9.